The van der Waals surface area contributed by atoms with Crippen LogP contribution in [0.25, 0.3) is 0 Å². The van der Waals surface area contributed by atoms with Gasteiger partial charge in [0, 0.05) is 12.6 Å². The number of rotatable bonds is 3. The normalized spacial score (nSPS) is 13.8. The van der Waals surface area contributed by atoms with E-state index in [4.69, 9.17) is 9.84 Å². The van der Waals surface area contributed by atoms with Crippen molar-refractivity contribution in [3.8, 4) is 5.75 Å². The first-order valence-electron chi connectivity index (χ1n) is 6.62. The fourth-order valence-corrected chi connectivity index (χ4v) is 2.38. The van der Waals surface area contributed by atoms with Gasteiger partial charge in [0.2, 0.25) is 0 Å². The third-order valence-corrected chi connectivity index (χ3v) is 3.46. The smallest absolute Gasteiger partial charge is 0.142 e. The molecular formula is C16H16FNO2. The first-order chi connectivity index (χ1) is 9.76. The Morgan fingerprint density at radius 3 is 2.60 bits per heavy atom. The van der Waals surface area contributed by atoms with Crippen molar-refractivity contribution in [2.75, 3.05) is 18.1 Å². The van der Waals surface area contributed by atoms with Gasteiger partial charge in [0.25, 0.3) is 0 Å². The number of aliphatic hydroxyl groups excluding tert-OH is 1. The van der Waals surface area contributed by atoms with Gasteiger partial charge in [-0.1, -0.05) is 24.3 Å². The molecule has 0 spiro atoms. The predicted octanol–water partition coefficient (Wildman–Crippen LogP) is 2.72. The van der Waals surface area contributed by atoms with E-state index in [0.717, 1.165) is 29.1 Å². The van der Waals surface area contributed by atoms with Gasteiger partial charge in [0.15, 0.2) is 0 Å². The second-order valence-electron chi connectivity index (χ2n) is 4.86. The third-order valence-electron chi connectivity index (χ3n) is 3.46. The molecule has 0 saturated carbocycles. The Bertz CT molecular complexity index is 598. The summed E-state index contributed by atoms with van der Waals surface area (Å²) in [5, 5.41) is 9.04. The summed E-state index contributed by atoms with van der Waals surface area (Å²) in [4.78, 5) is 2.11. The summed E-state index contributed by atoms with van der Waals surface area (Å²) >= 11 is 0. The minimum absolute atomic E-state index is 0.0475. The van der Waals surface area contributed by atoms with E-state index in [0.29, 0.717) is 13.2 Å². The molecule has 0 radical (unpaired) electrons. The quantitative estimate of drug-likeness (QED) is 0.933. The molecular weight excluding hydrogens is 257 g/mol. The van der Waals surface area contributed by atoms with E-state index in [-0.39, 0.29) is 12.4 Å². The number of ether oxygens (including phenoxy) is 1. The molecule has 3 nitrogen and oxygen atoms in total. The van der Waals surface area contributed by atoms with E-state index in [2.05, 4.69) is 4.90 Å². The van der Waals surface area contributed by atoms with Crippen LogP contribution in [-0.2, 0) is 13.2 Å². The zero-order valence-electron chi connectivity index (χ0n) is 11.1. The van der Waals surface area contributed by atoms with E-state index in [9.17, 15) is 4.39 Å². The third kappa shape index (κ3) is 2.60. The Labute approximate surface area is 117 Å². The van der Waals surface area contributed by atoms with Gasteiger partial charge in [-0.15, -0.1) is 0 Å². The number of benzene rings is 2. The second kappa shape index (κ2) is 5.51. The minimum atomic E-state index is -0.255. The van der Waals surface area contributed by atoms with Gasteiger partial charge in [-0.05, 0) is 23.3 Å². The lowest BCUT2D eigenvalue weighted by atomic mass is 10.1. The Kier molecular flexibility index (Phi) is 3.56. The number of hydrogen-bond donors (Lipinski definition) is 1. The molecule has 2 aromatic carbocycles. The van der Waals surface area contributed by atoms with Gasteiger partial charge in [-0.2, -0.15) is 0 Å². The number of fused-ring (bicyclic) bond motifs is 1. The zero-order chi connectivity index (χ0) is 13.9. The molecule has 1 N–H and O–H groups in total. The number of aliphatic hydroxyl groups is 1. The van der Waals surface area contributed by atoms with Crippen molar-refractivity contribution in [3.05, 3.63) is 59.4 Å². The van der Waals surface area contributed by atoms with Gasteiger partial charge in [-0.3, -0.25) is 0 Å². The van der Waals surface area contributed by atoms with Crippen molar-refractivity contribution in [3.63, 3.8) is 0 Å². The fraction of sp³-hybridized carbons (Fsp3) is 0.250. The lowest BCUT2D eigenvalue weighted by Crippen LogP contribution is -2.32. The maximum absolute atomic E-state index is 13.4. The molecule has 0 atom stereocenters. The average molecular weight is 273 g/mol. The van der Waals surface area contributed by atoms with Crippen molar-refractivity contribution < 1.29 is 14.2 Å². The first-order valence-corrected chi connectivity index (χ1v) is 6.62. The molecule has 4 heteroatoms. The van der Waals surface area contributed by atoms with Crippen molar-refractivity contribution in [2.45, 2.75) is 13.2 Å². The summed E-state index contributed by atoms with van der Waals surface area (Å²) in [6.45, 7) is 2.09. The SMILES string of the molecule is OCc1ccc(CN2CCOc3ccc(F)cc32)cc1. The molecule has 1 heterocycles. The molecule has 0 saturated heterocycles. The standard InChI is InChI=1S/C16H16FNO2/c17-14-5-6-16-15(9-14)18(7-8-20-16)10-12-1-3-13(11-19)4-2-12/h1-6,9,19H,7-8,10-11H2. The zero-order valence-corrected chi connectivity index (χ0v) is 11.1. The molecule has 20 heavy (non-hydrogen) atoms. The van der Waals surface area contributed by atoms with Crippen LogP contribution in [0, 0.1) is 5.82 Å². The maximum atomic E-state index is 13.4. The van der Waals surface area contributed by atoms with Gasteiger partial charge in [-0.25, -0.2) is 4.39 Å². The second-order valence-corrected chi connectivity index (χ2v) is 4.86. The molecule has 0 aromatic heterocycles. The minimum Gasteiger partial charge on any atom is -0.490 e. The predicted molar refractivity (Wildman–Crippen MR) is 75.3 cm³/mol. The molecule has 0 fully saturated rings. The van der Waals surface area contributed by atoms with Crippen LogP contribution in [0.2, 0.25) is 0 Å². The van der Waals surface area contributed by atoms with Gasteiger partial charge < -0.3 is 14.7 Å². The van der Waals surface area contributed by atoms with Crippen LogP contribution in [0.3, 0.4) is 0 Å². The van der Waals surface area contributed by atoms with Crippen LogP contribution in [0.4, 0.5) is 10.1 Å². The summed E-state index contributed by atoms with van der Waals surface area (Å²) < 4.78 is 18.9. The molecule has 0 amide bonds. The molecule has 0 bridgehead atoms. The maximum Gasteiger partial charge on any atom is 0.142 e. The molecule has 3 rings (SSSR count). The van der Waals surface area contributed by atoms with Crippen molar-refractivity contribution >= 4 is 5.69 Å². The van der Waals surface area contributed by atoms with Gasteiger partial charge in [0.1, 0.15) is 18.2 Å². The van der Waals surface area contributed by atoms with E-state index < -0.39 is 0 Å². The molecule has 104 valence electrons. The summed E-state index contributed by atoms with van der Waals surface area (Å²) in [6.07, 6.45) is 0. The fourth-order valence-electron chi connectivity index (χ4n) is 2.38. The molecule has 0 aliphatic carbocycles. The highest BCUT2D eigenvalue weighted by Gasteiger charge is 2.18. The van der Waals surface area contributed by atoms with E-state index in [1.165, 1.54) is 12.1 Å². The van der Waals surface area contributed by atoms with E-state index in [1.54, 1.807) is 6.07 Å². The van der Waals surface area contributed by atoms with Gasteiger partial charge in [0.05, 0.1) is 18.8 Å². The highest BCUT2D eigenvalue weighted by Crippen LogP contribution is 2.33. The highest BCUT2D eigenvalue weighted by atomic mass is 19.1. The largest absolute Gasteiger partial charge is 0.490 e. The van der Waals surface area contributed by atoms with E-state index in [1.807, 2.05) is 24.3 Å². The van der Waals surface area contributed by atoms with Crippen LogP contribution in [0.15, 0.2) is 42.5 Å². The Hall–Kier alpha value is -2.07. The Morgan fingerprint density at radius 2 is 1.85 bits per heavy atom. The van der Waals surface area contributed by atoms with Crippen molar-refractivity contribution in [1.29, 1.82) is 0 Å². The topological polar surface area (TPSA) is 32.7 Å². The lowest BCUT2D eigenvalue weighted by Gasteiger charge is -2.31. The lowest BCUT2D eigenvalue weighted by molar-refractivity contribution is 0.282. The highest BCUT2D eigenvalue weighted by molar-refractivity contribution is 5.60. The summed E-state index contributed by atoms with van der Waals surface area (Å²) in [6, 6.07) is 12.4. The number of nitrogens with zero attached hydrogens (tertiary/aromatic N) is 1. The molecule has 0 unspecified atom stereocenters. The number of halogens is 1. The average Bonchev–Trinajstić information content (AvgIpc) is 2.49. The Morgan fingerprint density at radius 1 is 1.10 bits per heavy atom. The van der Waals surface area contributed by atoms with Crippen molar-refractivity contribution in [1.82, 2.24) is 0 Å². The molecule has 1 aliphatic rings. The van der Waals surface area contributed by atoms with Crippen LogP contribution in [0.1, 0.15) is 11.1 Å². The van der Waals surface area contributed by atoms with Crippen LogP contribution >= 0.6 is 0 Å². The van der Waals surface area contributed by atoms with Crippen LogP contribution < -0.4 is 9.64 Å². The van der Waals surface area contributed by atoms with Crippen LogP contribution in [-0.4, -0.2) is 18.3 Å². The molecule has 2 aromatic rings. The Balaban J connectivity index is 1.83. The first kappa shape index (κ1) is 12.9. The molecule has 1 aliphatic heterocycles. The monoisotopic (exact) mass is 273 g/mol. The number of anilines is 1. The summed E-state index contributed by atoms with van der Waals surface area (Å²) in [5.74, 6) is 0.472. The van der Waals surface area contributed by atoms with Gasteiger partial charge >= 0.3 is 0 Å². The summed E-state index contributed by atoms with van der Waals surface area (Å²) in [5.41, 5.74) is 2.81. The number of hydrogen-bond acceptors (Lipinski definition) is 3. The summed E-state index contributed by atoms with van der Waals surface area (Å²) in [7, 11) is 0. The van der Waals surface area contributed by atoms with Crippen LogP contribution in [0.5, 0.6) is 5.75 Å². The van der Waals surface area contributed by atoms with Crippen molar-refractivity contribution in [2.24, 2.45) is 0 Å². The van der Waals surface area contributed by atoms with E-state index >= 15 is 0 Å².